The summed E-state index contributed by atoms with van der Waals surface area (Å²) in [4.78, 5) is 4.47. The number of benzene rings is 1. The van der Waals surface area contributed by atoms with Crippen molar-refractivity contribution in [3.63, 3.8) is 0 Å². The normalized spacial score (nSPS) is 23.5. The number of nitrogens with one attached hydrogen (secondary N) is 1. The van der Waals surface area contributed by atoms with E-state index in [1.54, 1.807) is 12.1 Å². The van der Waals surface area contributed by atoms with Crippen LogP contribution in [0.2, 0.25) is 0 Å². The van der Waals surface area contributed by atoms with Crippen LogP contribution in [0.5, 0.6) is 0 Å². The number of piperidine rings is 1. The molecule has 1 N–H and O–H groups in total. The van der Waals surface area contributed by atoms with E-state index in [0.29, 0.717) is 11.7 Å². The summed E-state index contributed by atoms with van der Waals surface area (Å²) in [5.74, 6) is 0.900. The molecule has 1 unspecified atom stereocenters. The molecule has 4 nitrogen and oxygen atoms in total. The first-order valence-corrected chi connectivity index (χ1v) is 6.48. The van der Waals surface area contributed by atoms with Crippen LogP contribution >= 0.6 is 0 Å². The molecule has 1 saturated heterocycles. The van der Waals surface area contributed by atoms with E-state index < -0.39 is 0 Å². The Morgan fingerprint density at radius 2 is 2.11 bits per heavy atom. The van der Waals surface area contributed by atoms with Crippen molar-refractivity contribution in [1.82, 2.24) is 15.5 Å². The van der Waals surface area contributed by atoms with Crippen LogP contribution in [-0.4, -0.2) is 23.2 Å². The van der Waals surface area contributed by atoms with Crippen molar-refractivity contribution in [1.29, 1.82) is 0 Å². The van der Waals surface area contributed by atoms with Crippen molar-refractivity contribution in [2.45, 2.75) is 25.2 Å². The van der Waals surface area contributed by atoms with Gasteiger partial charge in [-0.3, -0.25) is 0 Å². The Morgan fingerprint density at radius 1 is 1.32 bits per heavy atom. The van der Waals surface area contributed by atoms with Gasteiger partial charge >= 0.3 is 0 Å². The highest BCUT2D eigenvalue weighted by Crippen LogP contribution is 2.30. The van der Waals surface area contributed by atoms with Gasteiger partial charge in [0.2, 0.25) is 11.7 Å². The maximum atomic E-state index is 12.9. The molecule has 2 heterocycles. The highest BCUT2D eigenvalue weighted by molar-refractivity contribution is 5.53. The standard InChI is InChI=1S/C14H16FN3O/c1-14(7-2-8-16-9-14)13-17-12(18-19-13)10-3-5-11(15)6-4-10/h3-6,16H,2,7-9H2,1H3. The predicted octanol–water partition coefficient (Wildman–Crippen LogP) is 2.52. The summed E-state index contributed by atoms with van der Waals surface area (Å²) in [5, 5.41) is 7.35. The van der Waals surface area contributed by atoms with Crippen molar-refractivity contribution in [3.8, 4) is 11.4 Å². The molecule has 0 aliphatic carbocycles. The number of hydrogen-bond acceptors (Lipinski definition) is 4. The van der Waals surface area contributed by atoms with E-state index in [-0.39, 0.29) is 11.2 Å². The van der Waals surface area contributed by atoms with Gasteiger partial charge in [-0.25, -0.2) is 4.39 Å². The van der Waals surface area contributed by atoms with Crippen LogP contribution in [0.15, 0.2) is 28.8 Å². The van der Waals surface area contributed by atoms with E-state index >= 15 is 0 Å². The molecule has 1 fully saturated rings. The summed E-state index contributed by atoms with van der Waals surface area (Å²) in [6, 6.07) is 6.11. The molecule has 1 aromatic carbocycles. The van der Waals surface area contributed by atoms with E-state index in [4.69, 9.17) is 4.52 Å². The number of aromatic nitrogens is 2. The topological polar surface area (TPSA) is 51.0 Å². The third-order valence-corrected chi connectivity index (χ3v) is 3.64. The molecule has 0 amide bonds. The van der Waals surface area contributed by atoms with E-state index in [9.17, 15) is 4.39 Å². The van der Waals surface area contributed by atoms with Crippen LogP contribution in [0.3, 0.4) is 0 Å². The summed E-state index contributed by atoms with van der Waals surface area (Å²) >= 11 is 0. The van der Waals surface area contributed by atoms with Crippen molar-refractivity contribution >= 4 is 0 Å². The van der Waals surface area contributed by atoms with Gasteiger partial charge < -0.3 is 9.84 Å². The smallest absolute Gasteiger partial charge is 0.234 e. The third-order valence-electron chi connectivity index (χ3n) is 3.64. The van der Waals surface area contributed by atoms with Crippen LogP contribution in [-0.2, 0) is 5.41 Å². The zero-order chi connectivity index (χ0) is 13.3. The number of rotatable bonds is 2. The second-order valence-electron chi connectivity index (χ2n) is 5.27. The number of halogens is 1. The van der Waals surface area contributed by atoms with E-state index in [0.717, 1.165) is 31.5 Å². The quantitative estimate of drug-likeness (QED) is 0.902. The predicted molar refractivity (Wildman–Crippen MR) is 69.1 cm³/mol. The van der Waals surface area contributed by atoms with Gasteiger partial charge in [0.15, 0.2) is 0 Å². The molecule has 2 aromatic rings. The van der Waals surface area contributed by atoms with Gasteiger partial charge in [-0.15, -0.1) is 0 Å². The third kappa shape index (κ3) is 2.38. The summed E-state index contributed by atoms with van der Waals surface area (Å²) < 4.78 is 18.3. The van der Waals surface area contributed by atoms with Crippen LogP contribution in [0.25, 0.3) is 11.4 Å². The lowest BCUT2D eigenvalue weighted by molar-refractivity contribution is 0.245. The molecule has 0 radical (unpaired) electrons. The molecule has 5 heteroatoms. The molecule has 3 rings (SSSR count). The molecule has 1 aromatic heterocycles. The van der Waals surface area contributed by atoms with Gasteiger partial charge in [0.25, 0.3) is 0 Å². The summed E-state index contributed by atoms with van der Waals surface area (Å²) in [5.41, 5.74) is 0.660. The minimum Gasteiger partial charge on any atom is -0.338 e. The van der Waals surface area contributed by atoms with Crippen molar-refractivity contribution in [2.75, 3.05) is 13.1 Å². The van der Waals surface area contributed by atoms with E-state index in [1.807, 2.05) is 0 Å². The second-order valence-corrected chi connectivity index (χ2v) is 5.27. The Hall–Kier alpha value is -1.75. The number of nitrogens with zero attached hydrogens (tertiary/aromatic N) is 2. The summed E-state index contributed by atoms with van der Waals surface area (Å²) in [6.45, 7) is 4.01. The maximum Gasteiger partial charge on any atom is 0.234 e. The monoisotopic (exact) mass is 261 g/mol. The molecular formula is C14H16FN3O. The molecule has 1 aliphatic heterocycles. The highest BCUT2D eigenvalue weighted by atomic mass is 19.1. The number of hydrogen-bond donors (Lipinski definition) is 1. The van der Waals surface area contributed by atoms with Crippen LogP contribution in [0.4, 0.5) is 4.39 Å². The van der Waals surface area contributed by atoms with Gasteiger partial charge in [-0.1, -0.05) is 5.16 Å². The van der Waals surface area contributed by atoms with Gasteiger partial charge in [0, 0.05) is 12.1 Å². The lowest BCUT2D eigenvalue weighted by Crippen LogP contribution is -2.41. The molecule has 0 saturated carbocycles. The van der Waals surface area contributed by atoms with Crippen LogP contribution < -0.4 is 5.32 Å². The first-order chi connectivity index (χ1) is 9.17. The van der Waals surface area contributed by atoms with Gasteiger partial charge in [-0.05, 0) is 50.6 Å². The lowest BCUT2D eigenvalue weighted by Gasteiger charge is -2.30. The van der Waals surface area contributed by atoms with E-state index in [1.165, 1.54) is 12.1 Å². The van der Waals surface area contributed by atoms with Crippen molar-refractivity contribution in [2.24, 2.45) is 0 Å². The minimum atomic E-state index is -0.268. The molecule has 1 aliphatic rings. The molecule has 100 valence electrons. The first kappa shape index (κ1) is 12.3. The molecular weight excluding hydrogens is 245 g/mol. The molecule has 1 atom stereocenters. The van der Waals surface area contributed by atoms with Crippen molar-refractivity contribution in [3.05, 3.63) is 36.0 Å². The second kappa shape index (κ2) is 4.74. The van der Waals surface area contributed by atoms with Crippen LogP contribution in [0, 0.1) is 5.82 Å². The fourth-order valence-electron chi connectivity index (χ4n) is 2.42. The maximum absolute atomic E-state index is 12.9. The SMILES string of the molecule is CC1(c2nc(-c3ccc(F)cc3)no2)CCCNC1. The first-order valence-electron chi connectivity index (χ1n) is 6.48. The van der Waals surface area contributed by atoms with Gasteiger partial charge in [-0.2, -0.15) is 4.98 Å². The minimum absolute atomic E-state index is 0.108. The average molecular weight is 261 g/mol. The van der Waals surface area contributed by atoms with Gasteiger partial charge in [0.05, 0.1) is 5.41 Å². The highest BCUT2D eigenvalue weighted by Gasteiger charge is 2.34. The summed E-state index contributed by atoms with van der Waals surface area (Å²) in [6.07, 6.45) is 2.13. The Balaban J connectivity index is 1.88. The zero-order valence-electron chi connectivity index (χ0n) is 10.8. The average Bonchev–Trinajstić information content (AvgIpc) is 2.91. The zero-order valence-corrected chi connectivity index (χ0v) is 10.8. The van der Waals surface area contributed by atoms with E-state index in [2.05, 4.69) is 22.4 Å². The fraction of sp³-hybridized carbons (Fsp3) is 0.429. The Morgan fingerprint density at radius 3 is 2.79 bits per heavy atom. The Bertz CT molecular complexity index is 558. The van der Waals surface area contributed by atoms with Crippen LogP contribution in [0.1, 0.15) is 25.7 Å². The van der Waals surface area contributed by atoms with Crippen molar-refractivity contribution < 1.29 is 8.91 Å². The fourth-order valence-corrected chi connectivity index (χ4v) is 2.42. The van der Waals surface area contributed by atoms with Gasteiger partial charge in [0.1, 0.15) is 5.82 Å². The molecule has 0 bridgehead atoms. The summed E-state index contributed by atoms with van der Waals surface area (Å²) in [7, 11) is 0. The molecule has 0 spiro atoms. The largest absolute Gasteiger partial charge is 0.338 e. The Labute approximate surface area is 111 Å². The Kier molecular flexibility index (Phi) is 3.06. The molecule has 19 heavy (non-hydrogen) atoms. The lowest BCUT2D eigenvalue weighted by atomic mass is 9.83.